The highest BCUT2D eigenvalue weighted by Crippen LogP contribution is 2.20. The van der Waals surface area contributed by atoms with Crippen molar-refractivity contribution in [1.82, 2.24) is 15.1 Å². The minimum absolute atomic E-state index is 0.770. The summed E-state index contributed by atoms with van der Waals surface area (Å²) in [6.45, 7) is 10.8. The lowest BCUT2D eigenvalue weighted by Crippen LogP contribution is -2.55. The fourth-order valence-corrected chi connectivity index (χ4v) is 3.00. The minimum atomic E-state index is 0.770. The second kappa shape index (κ2) is 4.81. The van der Waals surface area contributed by atoms with Gasteiger partial charge in [0.05, 0.1) is 0 Å². The van der Waals surface area contributed by atoms with Crippen LogP contribution in [0, 0.1) is 5.92 Å². The van der Waals surface area contributed by atoms with Crippen LogP contribution in [0.3, 0.4) is 0 Å². The Kier molecular flexibility index (Phi) is 3.65. The quantitative estimate of drug-likeness (QED) is 0.722. The first-order valence-electron chi connectivity index (χ1n) is 6.37. The van der Waals surface area contributed by atoms with Crippen LogP contribution in [-0.4, -0.2) is 61.7 Å². The number of hydrogen-bond acceptors (Lipinski definition) is 3. The number of hydrogen-bond donors (Lipinski definition) is 1. The van der Waals surface area contributed by atoms with E-state index in [4.69, 9.17) is 0 Å². The third-order valence-corrected chi connectivity index (χ3v) is 4.23. The molecule has 0 aromatic rings. The molecule has 2 fully saturated rings. The van der Waals surface area contributed by atoms with Crippen LogP contribution >= 0.6 is 0 Å². The number of piperazine rings is 1. The molecule has 0 spiro atoms. The summed E-state index contributed by atoms with van der Waals surface area (Å²) in [4.78, 5) is 5.22. The summed E-state index contributed by atoms with van der Waals surface area (Å²) in [5.41, 5.74) is 0. The summed E-state index contributed by atoms with van der Waals surface area (Å²) in [7, 11) is 2.27. The van der Waals surface area contributed by atoms with Crippen molar-refractivity contribution in [2.24, 2.45) is 5.92 Å². The summed E-state index contributed by atoms with van der Waals surface area (Å²) < 4.78 is 0. The second-order valence-corrected chi connectivity index (χ2v) is 5.24. The van der Waals surface area contributed by atoms with Crippen molar-refractivity contribution < 1.29 is 0 Å². The molecular weight excluding hydrogens is 186 g/mol. The van der Waals surface area contributed by atoms with Gasteiger partial charge >= 0.3 is 0 Å². The molecule has 2 heterocycles. The summed E-state index contributed by atoms with van der Waals surface area (Å²) in [6, 6.07) is 1.55. The Morgan fingerprint density at radius 3 is 2.67 bits per heavy atom. The van der Waals surface area contributed by atoms with Gasteiger partial charge < -0.3 is 10.2 Å². The lowest BCUT2D eigenvalue weighted by Gasteiger charge is -2.42. The minimum Gasteiger partial charge on any atom is -0.315 e. The number of rotatable bonds is 2. The van der Waals surface area contributed by atoms with E-state index in [1.165, 1.54) is 39.1 Å². The van der Waals surface area contributed by atoms with Gasteiger partial charge in [0, 0.05) is 38.3 Å². The molecule has 3 unspecified atom stereocenters. The molecule has 2 rings (SSSR count). The lowest BCUT2D eigenvalue weighted by molar-refractivity contribution is 0.0568. The van der Waals surface area contributed by atoms with E-state index in [0.717, 1.165) is 18.0 Å². The van der Waals surface area contributed by atoms with Crippen molar-refractivity contribution >= 4 is 0 Å². The standard InChI is InChI=1S/C12H25N3/c1-4-11-9-15(6-5-14(11)3)12-8-13-7-10(12)2/h10-13H,4-9H2,1-3H3. The molecule has 0 saturated carbocycles. The molecule has 2 saturated heterocycles. The SMILES string of the molecule is CCC1CN(C2CNCC2C)CCN1C. The molecule has 1 N–H and O–H groups in total. The van der Waals surface area contributed by atoms with Crippen LogP contribution in [0.5, 0.6) is 0 Å². The van der Waals surface area contributed by atoms with Gasteiger partial charge in [-0.1, -0.05) is 13.8 Å². The van der Waals surface area contributed by atoms with Crippen molar-refractivity contribution in [2.75, 3.05) is 39.8 Å². The predicted molar refractivity (Wildman–Crippen MR) is 64.1 cm³/mol. The van der Waals surface area contributed by atoms with E-state index in [2.05, 4.69) is 36.0 Å². The van der Waals surface area contributed by atoms with E-state index in [1.54, 1.807) is 0 Å². The van der Waals surface area contributed by atoms with Gasteiger partial charge in [-0.05, 0) is 25.9 Å². The molecule has 3 heteroatoms. The van der Waals surface area contributed by atoms with Crippen LogP contribution in [0.1, 0.15) is 20.3 Å². The first-order chi connectivity index (χ1) is 7.22. The highest BCUT2D eigenvalue weighted by Gasteiger charge is 2.33. The van der Waals surface area contributed by atoms with Crippen LogP contribution in [0.4, 0.5) is 0 Å². The van der Waals surface area contributed by atoms with Crippen LogP contribution in [0.25, 0.3) is 0 Å². The van der Waals surface area contributed by atoms with Gasteiger partial charge in [-0.25, -0.2) is 0 Å². The van der Waals surface area contributed by atoms with Gasteiger partial charge in [-0.15, -0.1) is 0 Å². The summed E-state index contributed by atoms with van der Waals surface area (Å²) in [5.74, 6) is 0.825. The van der Waals surface area contributed by atoms with Crippen molar-refractivity contribution in [3.8, 4) is 0 Å². The molecule has 3 nitrogen and oxygen atoms in total. The van der Waals surface area contributed by atoms with Gasteiger partial charge in [0.25, 0.3) is 0 Å². The summed E-state index contributed by atoms with van der Waals surface area (Å²) in [5, 5.41) is 3.51. The molecule has 0 bridgehead atoms. The molecule has 0 amide bonds. The fraction of sp³-hybridized carbons (Fsp3) is 1.00. The Labute approximate surface area is 93.8 Å². The van der Waals surface area contributed by atoms with E-state index in [0.29, 0.717) is 0 Å². The van der Waals surface area contributed by atoms with Crippen LogP contribution in [-0.2, 0) is 0 Å². The molecule has 0 aromatic carbocycles. The maximum Gasteiger partial charge on any atom is 0.0259 e. The highest BCUT2D eigenvalue weighted by molar-refractivity contribution is 4.90. The van der Waals surface area contributed by atoms with E-state index < -0.39 is 0 Å². The van der Waals surface area contributed by atoms with Gasteiger partial charge in [0.15, 0.2) is 0 Å². The fourth-order valence-electron chi connectivity index (χ4n) is 3.00. The Balaban J connectivity index is 1.93. The van der Waals surface area contributed by atoms with Crippen LogP contribution < -0.4 is 5.32 Å². The van der Waals surface area contributed by atoms with Gasteiger partial charge in [-0.3, -0.25) is 4.90 Å². The molecule has 3 atom stereocenters. The lowest BCUT2D eigenvalue weighted by atomic mass is 10.0. The maximum atomic E-state index is 3.51. The smallest absolute Gasteiger partial charge is 0.0259 e. The zero-order chi connectivity index (χ0) is 10.8. The molecular formula is C12H25N3. The van der Waals surface area contributed by atoms with E-state index in [1.807, 2.05) is 0 Å². The van der Waals surface area contributed by atoms with Gasteiger partial charge in [0.1, 0.15) is 0 Å². The second-order valence-electron chi connectivity index (χ2n) is 5.24. The zero-order valence-corrected chi connectivity index (χ0v) is 10.4. The molecule has 0 aromatic heterocycles. The van der Waals surface area contributed by atoms with E-state index in [9.17, 15) is 0 Å². The van der Waals surface area contributed by atoms with E-state index >= 15 is 0 Å². The Bertz CT molecular complexity index is 207. The third kappa shape index (κ3) is 2.35. The largest absolute Gasteiger partial charge is 0.315 e. The molecule has 0 aliphatic carbocycles. The number of nitrogens with one attached hydrogen (secondary N) is 1. The van der Waals surface area contributed by atoms with E-state index in [-0.39, 0.29) is 0 Å². The average Bonchev–Trinajstić information content (AvgIpc) is 2.65. The normalized spacial score (nSPS) is 39.8. The topological polar surface area (TPSA) is 18.5 Å². The monoisotopic (exact) mass is 211 g/mol. The average molecular weight is 211 g/mol. The van der Waals surface area contributed by atoms with Crippen molar-refractivity contribution in [1.29, 1.82) is 0 Å². The summed E-state index contributed by atoms with van der Waals surface area (Å²) in [6.07, 6.45) is 1.28. The Morgan fingerprint density at radius 1 is 1.27 bits per heavy atom. The predicted octanol–water partition coefficient (Wildman–Crippen LogP) is 0.620. The van der Waals surface area contributed by atoms with Crippen molar-refractivity contribution in [3.63, 3.8) is 0 Å². The van der Waals surface area contributed by atoms with Crippen molar-refractivity contribution in [2.45, 2.75) is 32.4 Å². The van der Waals surface area contributed by atoms with Crippen molar-refractivity contribution in [3.05, 3.63) is 0 Å². The molecule has 0 radical (unpaired) electrons. The third-order valence-electron chi connectivity index (χ3n) is 4.23. The number of nitrogens with zero attached hydrogens (tertiary/aromatic N) is 2. The van der Waals surface area contributed by atoms with Crippen LogP contribution in [0.15, 0.2) is 0 Å². The molecule has 2 aliphatic heterocycles. The maximum absolute atomic E-state index is 3.51. The molecule has 2 aliphatic rings. The zero-order valence-electron chi connectivity index (χ0n) is 10.4. The first-order valence-corrected chi connectivity index (χ1v) is 6.37. The van der Waals surface area contributed by atoms with Crippen LogP contribution in [0.2, 0.25) is 0 Å². The highest BCUT2D eigenvalue weighted by atomic mass is 15.3. The molecule has 88 valence electrons. The Hall–Kier alpha value is -0.120. The Morgan fingerprint density at radius 2 is 2.07 bits per heavy atom. The first kappa shape index (κ1) is 11.4. The number of likely N-dealkylation sites (N-methyl/N-ethyl adjacent to an activating group) is 1. The van der Waals surface area contributed by atoms with Gasteiger partial charge in [0.2, 0.25) is 0 Å². The summed E-state index contributed by atoms with van der Waals surface area (Å²) >= 11 is 0. The van der Waals surface area contributed by atoms with Gasteiger partial charge in [-0.2, -0.15) is 0 Å². The molecule has 15 heavy (non-hydrogen) atoms.